The summed E-state index contributed by atoms with van der Waals surface area (Å²) in [5, 5.41) is 0. The monoisotopic (exact) mass is 407 g/mol. The number of hydrogen-bond donors (Lipinski definition) is 1. The van der Waals surface area contributed by atoms with Crippen LogP contribution >= 0.6 is 0 Å². The molecule has 0 aliphatic carbocycles. The molecule has 0 atom stereocenters. The Morgan fingerprint density at radius 2 is 1.79 bits per heavy atom. The average molecular weight is 407 g/mol. The van der Waals surface area contributed by atoms with Gasteiger partial charge in [0, 0.05) is 18.0 Å². The molecule has 0 saturated carbocycles. The van der Waals surface area contributed by atoms with E-state index in [2.05, 4.69) is 9.71 Å². The van der Waals surface area contributed by atoms with E-state index in [9.17, 15) is 8.42 Å². The van der Waals surface area contributed by atoms with E-state index in [4.69, 9.17) is 4.74 Å². The second kappa shape index (κ2) is 7.25. The summed E-state index contributed by atoms with van der Waals surface area (Å²) >= 11 is 0. The third kappa shape index (κ3) is 3.69. The van der Waals surface area contributed by atoms with Crippen molar-refractivity contribution in [2.75, 3.05) is 11.8 Å². The van der Waals surface area contributed by atoms with Crippen LogP contribution in [0, 0.1) is 13.8 Å². The van der Waals surface area contributed by atoms with Crippen LogP contribution < -0.4 is 9.46 Å². The molecule has 0 saturated heterocycles. The predicted octanol–water partition coefficient (Wildman–Crippen LogP) is 4.43. The van der Waals surface area contributed by atoms with Crippen LogP contribution in [0.4, 0.5) is 5.69 Å². The molecule has 0 bridgehead atoms. The van der Waals surface area contributed by atoms with Crippen molar-refractivity contribution in [1.29, 1.82) is 0 Å². The largest absolute Gasteiger partial charge is 0.495 e. The molecule has 2 aromatic carbocycles. The second-order valence-electron chi connectivity index (χ2n) is 6.88. The fourth-order valence-electron chi connectivity index (χ4n) is 3.16. The lowest BCUT2D eigenvalue weighted by Gasteiger charge is -2.13. The van der Waals surface area contributed by atoms with Crippen LogP contribution in [0.15, 0.2) is 71.9 Å². The summed E-state index contributed by atoms with van der Waals surface area (Å²) in [6, 6.07) is 16.0. The van der Waals surface area contributed by atoms with E-state index >= 15 is 0 Å². The Morgan fingerprint density at radius 3 is 2.48 bits per heavy atom. The molecular weight excluding hydrogens is 386 g/mol. The van der Waals surface area contributed by atoms with Gasteiger partial charge in [-0.2, -0.15) is 0 Å². The zero-order chi connectivity index (χ0) is 20.6. The van der Waals surface area contributed by atoms with E-state index in [0.717, 1.165) is 28.0 Å². The van der Waals surface area contributed by atoms with Gasteiger partial charge in [-0.15, -0.1) is 0 Å². The van der Waals surface area contributed by atoms with Gasteiger partial charge in [0.2, 0.25) is 0 Å². The lowest BCUT2D eigenvalue weighted by molar-refractivity contribution is 0.417. The Bertz CT molecular complexity index is 1290. The number of imidazole rings is 1. The first-order valence-corrected chi connectivity index (χ1v) is 10.6. The first-order chi connectivity index (χ1) is 13.9. The highest BCUT2D eigenvalue weighted by Crippen LogP contribution is 2.32. The minimum atomic E-state index is -3.75. The van der Waals surface area contributed by atoms with Gasteiger partial charge >= 0.3 is 0 Å². The summed E-state index contributed by atoms with van der Waals surface area (Å²) in [5.41, 5.74) is 4.81. The molecule has 0 aliphatic heterocycles. The maximum absolute atomic E-state index is 12.8. The van der Waals surface area contributed by atoms with E-state index < -0.39 is 10.0 Å². The summed E-state index contributed by atoms with van der Waals surface area (Å²) in [7, 11) is -2.24. The van der Waals surface area contributed by atoms with Crippen molar-refractivity contribution >= 4 is 21.4 Å². The number of nitrogens with zero attached hydrogens (tertiary/aromatic N) is 2. The van der Waals surface area contributed by atoms with Crippen molar-refractivity contribution in [2.45, 2.75) is 18.7 Å². The minimum absolute atomic E-state index is 0.193. The van der Waals surface area contributed by atoms with Gasteiger partial charge in [0.1, 0.15) is 11.4 Å². The zero-order valence-electron chi connectivity index (χ0n) is 16.4. The van der Waals surface area contributed by atoms with Gasteiger partial charge in [0.05, 0.1) is 23.4 Å². The van der Waals surface area contributed by atoms with Crippen molar-refractivity contribution in [2.24, 2.45) is 0 Å². The standard InChI is InChI=1S/C22H21N3O3S/c1-15-6-9-18(10-7-15)29(26,27)24-19-13-17(8-11-21(19)28-3)20-14-25-12-4-5-16(2)22(25)23-20/h4-14,24H,1-3H3. The molecule has 1 N–H and O–H groups in total. The highest BCUT2D eigenvalue weighted by molar-refractivity contribution is 7.92. The van der Waals surface area contributed by atoms with Crippen molar-refractivity contribution < 1.29 is 13.2 Å². The van der Waals surface area contributed by atoms with Gasteiger partial charge in [-0.1, -0.05) is 23.8 Å². The number of aromatic nitrogens is 2. The molecule has 0 unspecified atom stereocenters. The summed E-state index contributed by atoms with van der Waals surface area (Å²) in [6.45, 7) is 3.91. The first kappa shape index (κ1) is 19.0. The van der Waals surface area contributed by atoms with Crippen LogP contribution in [0.5, 0.6) is 5.75 Å². The molecule has 0 fully saturated rings. The number of fused-ring (bicyclic) bond motifs is 1. The number of ether oxygens (including phenoxy) is 1. The highest BCUT2D eigenvalue weighted by Gasteiger charge is 2.18. The Kier molecular flexibility index (Phi) is 4.76. The van der Waals surface area contributed by atoms with E-state index in [1.54, 1.807) is 36.4 Å². The van der Waals surface area contributed by atoms with E-state index in [1.165, 1.54) is 7.11 Å². The molecule has 7 heteroatoms. The van der Waals surface area contributed by atoms with E-state index in [0.29, 0.717) is 11.4 Å². The fourth-order valence-corrected chi connectivity index (χ4v) is 4.22. The van der Waals surface area contributed by atoms with Crippen molar-refractivity contribution in [1.82, 2.24) is 9.38 Å². The number of rotatable bonds is 5. The predicted molar refractivity (Wildman–Crippen MR) is 114 cm³/mol. The summed E-state index contributed by atoms with van der Waals surface area (Å²) in [5.74, 6) is 0.435. The topological polar surface area (TPSA) is 72.7 Å². The number of aryl methyl sites for hydroxylation is 2. The third-order valence-electron chi connectivity index (χ3n) is 4.75. The molecular formula is C22H21N3O3S. The Morgan fingerprint density at radius 1 is 1.03 bits per heavy atom. The maximum atomic E-state index is 12.8. The van der Waals surface area contributed by atoms with Crippen LogP contribution in [-0.2, 0) is 10.0 Å². The molecule has 2 heterocycles. The normalized spacial score (nSPS) is 11.6. The Hall–Kier alpha value is -3.32. The SMILES string of the molecule is COc1ccc(-c2cn3cccc(C)c3n2)cc1NS(=O)(=O)c1ccc(C)cc1. The molecule has 6 nitrogen and oxygen atoms in total. The lowest BCUT2D eigenvalue weighted by atomic mass is 10.1. The molecule has 0 aliphatic rings. The third-order valence-corrected chi connectivity index (χ3v) is 6.13. The number of benzene rings is 2. The molecule has 0 amide bonds. The number of nitrogens with one attached hydrogen (secondary N) is 1. The highest BCUT2D eigenvalue weighted by atomic mass is 32.2. The number of sulfonamides is 1. The second-order valence-corrected chi connectivity index (χ2v) is 8.56. The van der Waals surface area contributed by atoms with Gasteiger partial charge in [0.25, 0.3) is 10.0 Å². The molecule has 0 radical (unpaired) electrons. The number of pyridine rings is 1. The van der Waals surface area contributed by atoms with Crippen molar-refractivity contribution in [3.8, 4) is 17.0 Å². The number of hydrogen-bond acceptors (Lipinski definition) is 4. The first-order valence-electron chi connectivity index (χ1n) is 9.09. The maximum Gasteiger partial charge on any atom is 0.262 e. The summed E-state index contributed by atoms with van der Waals surface area (Å²) in [6.07, 6.45) is 3.85. The quantitative estimate of drug-likeness (QED) is 0.531. The van der Waals surface area contributed by atoms with Gasteiger partial charge < -0.3 is 9.14 Å². The summed E-state index contributed by atoms with van der Waals surface area (Å²) < 4.78 is 35.6. The van der Waals surface area contributed by atoms with Crippen LogP contribution in [0.1, 0.15) is 11.1 Å². The molecule has 29 heavy (non-hydrogen) atoms. The summed E-state index contributed by atoms with van der Waals surface area (Å²) in [4.78, 5) is 4.88. The molecule has 2 aromatic heterocycles. The van der Waals surface area contributed by atoms with Gasteiger partial charge in [-0.3, -0.25) is 4.72 Å². The lowest BCUT2D eigenvalue weighted by Crippen LogP contribution is -2.13. The zero-order valence-corrected chi connectivity index (χ0v) is 17.2. The number of methoxy groups -OCH3 is 1. The number of anilines is 1. The molecule has 0 spiro atoms. The van der Waals surface area contributed by atoms with Crippen LogP contribution in [0.3, 0.4) is 0 Å². The van der Waals surface area contributed by atoms with E-state index in [1.807, 2.05) is 48.8 Å². The van der Waals surface area contributed by atoms with Crippen LogP contribution in [-0.4, -0.2) is 24.9 Å². The minimum Gasteiger partial charge on any atom is -0.495 e. The van der Waals surface area contributed by atoms with Crippen LogP contribution in [0.25, 0.3) is 16.9 Å². The van der Waals surface area contributed by atoms with Gasteiger partial charge in [-0.25, -0.2) is 13.4 Å². The molecule has 4 rings (SSSR count). The molecule has 148 valence electrons. The Balaban J connectivity index is 1.75. The van der Waals surface area contributed by atoms with E-state index in [-0.39, 0.29) is 4.90 Å². The fraction of sp³-hybridized carbons (Fsp3) is 0.136. The van der Waals surface area contributed by atoms with Crippen LogP contribution in [0.2, 0.25) is 0 Å². The van der Waals surface area contributed by atoms with Gasteiger partial charge in [0.15, 0.2) is 0 Å². The Labute approximate surface area is 169 Å². The van der Waals surface area contributed by atoms with Crippen molar-refractivity contribution in [3.05, 3.63) is 78.1 Å². The smallest absolute Gasteiger partial charge is 0.262 e. The van der Waals surface area contributed by atoms with Crippen molar-refractivity contribution in [3.63, 3.8) is 0 Å². The average Bonchev–Trinajstić information content (AvgIpc) is 3.14. The molecule has 4 aromatic rings. The van der Waals surface area contributed by atoms with Gasteiger partial charge in [-0.05, 0) is 55.8 Å².